The first kappa shape index (κ1) is 20.7. The van der Waals surface area contributed by atoms with E-state index < -0.39 is 5.97 Å². The van der Waals surface area contributed by atoms with Crippen LogP contribution in [0.3, 0.4) is 0 Å². The molecule has 1 atom stereocenters. The maximum atomic E-state index is 9.36. The summed E-state index contributed by atoms with van der Waals surface area (Å²) in [5, 5.41) is 16.8. The van der Waals surface area contributed by atoms with Gasteiger partial charge in [-0.25, -0.2) is 0 Å². The van der Waals surface area contributed by atoms with Crippen molar-refractivity contribution in [1.82, 2.24) is 0 Å². The molecule has 0 aromatic rings. The van der Waals surface area contributed by atoms with Crippen molar-refractivity contribution in [3.05, 3.63) is 0 Å². The summed E-state index contributed by atoms with van der Waals surface area (Å²) in [4.78, 5) is 9.00. The molecule has 0 bridgehead atoms. The lowest BCUT2D eigenvalue weighted by Crippen LogP contribution is -2.03. The van der Waals surface area contributed by atoms with Crippen LogP contribution in [0.25, 0.3) is 0 Å². The molecule has 0 radical (unpaired) electrons. The third-order valence-electron chi connectivity index (χ3n) is 3.11. The van der Waals surface area contributed by atoms with Crippen molar-refractivity contribution in [2.45, 2.75) is 97.5 Å². The summed E-state index contributed by atoms with van der Waals surface area (Å²) >= 11 is 0. The molecule has 0 spiro atoms. The molecular formula is C16H34O3. The van der Waals surface area contributed by atoms with Crippen LogP contribution < -0.4 is 0 Å². The Labute approximate surface area is 119 Å². The van der Waals surface area contributed by atoms with Gasteiger partial charge in [-0.1, -0.05) is 71.6 Å². The van der Waals surface area contributed by atoms with Gasteiger partial charge in [-0.15, -0.1) is 0 Å². The van der Waals surface area contributed by atoms with E-state index in [0.717, 1.165) is 19.8 Å². The number of hydrogen-bond donors (Lipinski definition) is 2. The Hall–Kier alpha value is -0.570. The Balaban J connectivity index is 0. The maximum Gasteiger partial charge on any atom is 0.300 e. The largest absolute Gasteiger partial charge is 0.481 e. The van der Waals surface area contributed by atoms with Crippen molar-refractivity contribution < 1.29 is 15.0 Å². The first-order chi connectivity index (χ1) is 9.04. The van der Waals surface area contributed by atoms with E-state index in [4.69, 9.17) is 9.90 Å². The quantitative estimate of drug-likeness (QED) is 0.534. The third kappa shape index (κ3) is 26.9. The fourth-order valence-corrected chi connectivity index (χ4v) is 1.89. The second-order valence-corrected chi connectivity index (χ2v) is 5.20. The summed E-state index contributed by atoms with van der Waals surface area (Å²) in [5.74, 6) is -0.833. The molecule has 116 valence electrons. The first-order valence-corrected chi connectivity index (χ1v) is 7.92. The predicted octanol–water partition coefficient (Wildman–Crippen LogP) is 4.77. The van der Waals surface area contributed by atoms with Gasteiger partial charge in [-0.2, -0.15) is 0 Å². The summed E-state index contributed by atoms with van der Waals surface area (Å²) < 4.78 is 0. The second kappa shape index (κ2) is 17.4. The van der Waals surface area contributed by atoms with Crippen molar-refractivity contribution in [2.75, 3.05) is 0 Å². The summed E-state index contributed by atoms with van der Waals surface area (Å²) in [5.41, 5.74) is 0. The number of carbonyl (C=O) groups is 1. The van der Waals surface area contributed by atoms with Crippen molar-refractivity contribution in [3.8, 4) is 0 Å². The Bertz CT molecular complexity index is 177. The molecular weight excluding hydrogens is 240 g/mol. The van der Waals surface area contributed by atoms with Gasteiger partial charge in [0.05, 0.1) is 6.10 Å². The van der Waals surface area contributed by atoms with Crippen molar-refractivity contribution in [3.63, 3.8) is 0 Å². The topological polar surface area (TPSA) is 57.5 Å². The second-order valence-electron chi connectivity index (χ2n) is 5.20. The maximum absolute atomic E-state index is 9.36. The zero-order chi connectivity index (χ0) is 14.9. The molecule has 0 aromatic heterocycles. The molecule has 2 N–H and O–H groups in total. The van der Waals surface area contributed by atoms with Gasteiger partial charge in [0.2, 0.25) is 0 Å². The minimum absolute atomic E-state index is 0.0467. The van der Waals surface area contributed by atoms with Crippen LogP contribution in [-0.2, 0) is 4.79 Å². The molecule has 1 unspecified atom stereocenters. The highest BCUT2D eigenvalue weighted by Crippen LogP contribution is 2.11. The number of rotatable bonds is 11. The number of unbranched alkanes of at least 4 members (excludes halogenated alkanes) is 8. The summed E-state index contributed by atoms with van der Waals surface area (Å²) in [6, 6.07) is 0. The van der Waals surface area contributed by atoms with Gasteiger partial charge >= 0.3 is 0 Å². The van der Waals surface area contributed by atoms with Crippen molar-refractivity contribution in [2.24, 2.45) is 0 Å². The molecule has 0 aromatic carbocycles. The van der Waals surface area contributed by atoms with Gasteiger partial charge < -0.3 is 10.2 Å². The van der Waals surface area contributed by atoms with Crippen LogP contribution in [0.1, 0.15) is 91.4 Å². The summed E-state index contributed by atoms with van der Waals surface area (Å²) in [7, 11) is 0. The lowest BCUT2D eigenvalue weighted by Gasteiger charge is -2.06. The minimum atomic E-state index is -0.833. The average Bonchev–Trinajstić information content (AvgIpc) is 2.36. The van der Waals surface area contributed by atoms with E-state index in [1.807, 2.05) is 0 Å². The van der Waals surface area contributed by atoms with Crippen LogP contribution in [-0.4, -0.2) is 22.3 Å². The molecule has 0 fully saturated rings. The van der Waals surface area contributed by atoms with E-state index in [0.29, 0.717) is 0 Å². The van der Waals surface area contributed by atoms with E-state index in [-0.39, 0.29) is 6.10 Å². The smallest absolute Gasteiger partial charge is 0.300 e. The Morgan fingerprint density at radius 1 is 0.895 bits per heavy atom. The summed E-state index contributed by atoms with van der Waals surface area (Å²) in [6.45, 7) is 5.40. The minimum Gasteiger partial charge on any atom is -0.481 e. The first-order valence-electron chi connectivity index (χ1n) is 7.92. The highest BCUT2D eigenvalue weighted by atomic mass is 16.4. The zero-order valence-corrected chi connectivity index (χ0v) is 13.2. The average molecular weight is 274 g/mol. The van der Waals surface area contributed by atoms with E-state index in [9.17, 15) is 5.11 Å². The molecule has 3 heteroatoms. The Morgan fingerprint density at radius 2 is 1.26 bits per heavy atom. The molecule has 0 aliphatic heterocycles. The van der Waals surface area contributed by atoms with Crippen LogP contribution in [0, 0.1) is 0 Å². The number of aliphatic hydroxyl groups is 1. The fourth-order valence-electron chi connectivity index (χ4n) is 1.89. The highest BCUT2D eigenvalue weighted by molar-refractivity contribution is 5.62. The normalized spacial score (nSPS) is 11.6. The summed E-state index contributed by atoms with van der Waals surface area (Å²) in [6.07, 6.45) is 14.2. The number of carboxylic acids is 1. The molecule has 0 heterocycles. The van der Waals surface area contributed by atoms with Gasteiger partial charge in [0, 0.05) is 6.92 Å². The molecule has 0 saturated carbocycles. The lowest BCUT2D eigenvalue weighted by atomic mass is 10.0. The number of aliphatic carboxylic acids is 1. The predicted molar refractivity (Wildman–Crippen MR) is 81.5 cm³/mol. The van der Waals surface area contributed by atoms with E-state index in [1.165, 1.54) is 57.8 Å². The molecule has 0 aliphatic rings. The standard InChI is InChI=1S/C14H30O.C2H4O2/c1-3-5-6-7-8-9-10-11-12-13-14(15)4-2;1-2(3)4/h14-15H,3-13H2,1-2H3;1H3,(H,3,4). The molecule has 3 nitrogen and oxygen atoms in total. The highest BCUT2D eigenvalue weighted by Gasteiger charge is 1.99. The monoisotopic (exact) mass is 274 g/mol. The molecule has 0 amide bonds. The van der Waals surface area contributed by atoms with Crippen LogP contribution in [0.2, 0.25) is 0 Å². The van der Waals surface area contributed by atoms with Crippen LogP contribution >= 0.6 is 0 Å². The zero-order valence-electron chi connectivity index (χ0n) is 13.2. The SMILES string of the molecule is CC(=O)O.CCCCCCCCCCCC(O)CC. The van der Waals surface area contributed by atoms with Gasteiger partial charge in [-0.3, -0.25) is 4.79 Å². The number of hydrogen-bond acceptors (Lipinski definition) is 2. The van der Waals surface area contributed by atoms with E-state index in [1.54, 1.807) is 0 Å². The third-order valence-corrected chi connectivity index (χ3v) is 3.11. The molecule has 0 saturated heterocycles. The van der Waals surface area contributed by atoms with Crippen molar-refractivity contribution in [1.29, 1.82) is 0 Å². The Kier molecular flexibility index (Phi) is 19.0. The Morgan fingerprint density at radius 3 is 1.63 bits per heavy atom. The van der Waals surface area contributed by atoms with Crippen LogP contribution in [0.15, 0.2) is 0 Å². The van der Waals surface area contributed by atoms with Gasteiger partial charge in [0.25, 0.3) is 5.97 Å². The van der Waals surface area contributed by atoms with Gasteiger partial charge in [0.15, 0.2) is 0 Å². The molecule has 19 heavy (non-hydrogen) atoms. The number of aliphatic hydroxyl groups excluding tert-OH is 1. The van der Waals surface area contributed by atoms with E-state index in [2.05, 4.69) is 13.8 Å². The molecule has 0 rings (SSSR count). The van der Waals surface area contributed by atoms with Crippen LogP contribution in [0.5, 0.6) is 0 Å². The lowest BCUT2D eigenvalue weighted by molar-refractivity contribution is -0.134. The fraction of sp³-hybridized carbons (Fsp3) is 0.938. The van der Waals surface area contributed by atoms with Gasteiger partial charge in [0.1, 0.15) is 0 Å². The molecule has 0 aliphatic carbocycles. The van der Waals surface area contributed by atoms with E-state index >= 15 is 0 Å². The van der Waals surface area contributed by atoms with Crippen LogP contribution in [0.4, 0.5) is 0 Å². The van der Waals surface area contributed by atoms with Crippen molar-refractivity contribution >= 4 is 5.97 Å². The van der Waals surface area contributed by atoms with Gasteiger partial charge in [-0.05, 0) is 12.8 Å². The number of carboxylic acid groups (broad SMARTS) is 1.